The zero-order valence-corrected chi connectivity index (χ0v) is 12.2. The molecule has 2 aromatic rings. The molecule has 1 aliphatic heterocycles. The maximum absolute atomic E-state index is 11.4. The lowest BCUT2D eigenvalue weighted by atomic mass is 9.76. The van der Waals surface area contributed by atoms with Gasteiger partial charge in [-0.1, -0.05) is 18.2 Å². The molecule has 1 N–H and O–H groups in total. The molecule has 0 aromatic heterocycles. The van der Waals surface area contributed by atoms with Gasteiger partial charge in [0, 0.05) is 29.8 Å². The fourth-order valence-corrected chi connectivity index (χ4v) is 3.87. The molecule has 4 rings (SSSR count). The molecule has 0 amide bonds. The van der Waals surface area contributed by atoms with Gasteiger partial charge in [0.15, 0.2) is 0 Å². The standard InChI is InChI=1S/C17H16N2O3/c1-18-8-7-10-3-2-4-11-16(10)14(18)9-12-13(19(21)22)5-6-15(20)17(11)12/h2-6,14,20H,7-9H2,1H3/t14-/m1/s1. The van der Waals surface area contributed by atoms with Gasteiger partial charge >= 0.3 is 0 Å². The Hall–Kier alpha value is -2.40. The molecule has 0 radical (unpaired) electrons. The van der Waals surface area contributed by atoms with Crippen molar-refractivity contribution < 1.29 is 10.0 Å². The molecular formula is C17H16N2O3. The Balaban J connectivity index is 2.07. The highest BCUT2D eigenvalue weighted by molar-refractivity contribution is 5.83. The zero-order valence-electron chi connectivity index (χ0n) is 12.2. The van der Waals surface area contributed by atoms with Crippen LogP contribution < -0.4 is 0 Å². The maximum Gasteiger partial charge on any atom is 0.273 e. The molecule has 112 valence electrons. The Kier molecular flexibility index (Phi) is 2.74. The summed E-state index contributed by atoms with van der Waals surface area (Å²) in [7, 11) is 2.06. The number of fused-ring (bicyclic) bond motifs is 2. The first-order chi connectivity index (χ1) is 10.6. The summed E-state index contributed by atoms with van der Waals surface area (Å²) in [6.07, 6.45) is 1.54. The van der Waals surface area contributed by atoms with E-state index in [1.165, 1.54) is 23.3 Å². The first-order valence-corrected chi connectivity index (χ1v) is 7.39. The molecule has 0 saturated heterocycles. The van der Waals surface area contributed by atoms with Crippen LogP contribution in [-0.2, 0) is 12.8 Å². The summed E-state index contributed by atoms with van der Waals surface area (Å²) in [4.78, 5) is 13.3. The topological polar surface area (TPSA) is 66.6 Å². The number of phenols is 1. The predicted octanol–water partition coefficient (Wildman–Crippen LogP) is 3.05. The highest BCUT2D eigenvalue weighted by Crippen LogP contribution is 2.50. The number of nitro benzene ring substituents is 1. The van der Waals surface area contributed by atoms with Crippen LogP contribution in [0.4, 0.5) is 5.69 Å². The number of benzene rings is 2. The Morgan fingerprint density at radius 3 is 2.91 bits per heavy atom. The summed E-state index contributed by atoms with van der Waals surface area (Å²) in [5.74, 6) is 0.126. The highest BCUT2D eigenvalue weighted by atomic mass is 16.6. The van der Waals surface area contributed by atoms with Crippen molar-refractivity contribution in [3.63, 3.8) is 0 Å². The molecule has 5 nitrogen and oxygen atoms in total. The maximum atomic E-state index is 11.4. The van der Waals surface area contributed by atoms with Crippen LogP contribution in [-0.4, -0.2) is 28.5 Å². The fraction of sp³-hybridized carbons (Fsp3) is 0.294. The normalized spacial score (nSPS) is 19.4. The van der Waals surface area contributed by atoms with E-state index in [4.69, 9.17) is 0 Å². The van der Waals surface area contributed by atoms with Crippen LogP contribution in [0.2, 0.25) is 0 Å². The smallest absolute Gasteiger partial charge is 0.273 e. The van der Waals surface area contributed by atoms with Crippen molar-refractivity contribution in [2.75, 3.05) is 13.6 Å². The van der Waals surface area contributed by atoms with E-state index >= 15 is 0 Å². The second kappa shape index (κ2) is 4.55. The lowest BCUT2D eigenvalue weighted by Gasteiger charge is -2.39. The van der Waals surface area contributed by atoms with Gasteiger partial charge in [0.05, 0.1) is 4.92 Å². The SMILES string of the molecule is CN1CCc2cccc3c2[C@H]1Cc1c([N+](=O)[O-])ccc(O)c1-3. The van der Waals surface area contributed by atoms with Crippen LogP contribution in [0.25, 0.3) is 11.1 Å². The van der Waals surface area contributed by atoms with Gasteiger partial charge in [-0.25, -0.2) is 0 Å². The van der Waals surface area contributed by atoms with Crippen molar-refractivity contribution in [2.24, 2.45) is 0 Å². The monoisotopic (exact) mass is 296 g/mol. The Morgan fingerprint density at radius 2 is 2.14 bits per heavy atom. The van der Waals surface area contributed by atoms with Gasteiger partial charge < -0.3 is 5.11 Å². The van der Waals surface area contributed by atoms with Gasteiger partial charge in [-0.3, -0.25) is 15.0 Å². The lowest BCUT2D eigenvalue weighted by molar-refractivity contribution is -0.385. The minimum atomic E-state index is -0.351. The first-order valence-electron chi connectivity index (χ1n) is 7.39. The van der Waals surface area contributed by atoms with Crippen molar-refractivity contribution >= 4 is 5.69 Å². The van der Waals surface area contributed by atoms with E-state index in [1.54, 1.807) is 0 Å². The van der Waals surface area contributed by atoms with Gasteiger partial charge in [-0.15, -0.1) is 0 Å². The third-order valence-electron chi connectivity index (χ3n) is 4.93. The molecule has 2 aliphatic rings. The molecule has 0 unspecified atom stereocenters. The van der Waals surface area contributed by atoms with E-state index in [-0.39, 0.29) is 22.4 Å². The Morgan fingerprint density at radius 1 is 1.32 bits per heavy atom. The number of phenolic OH excluding ortho intramolecular Hbond substituents is 1. The average molecular weight is 296 g/mol. The predicted molar refractivity (Wildman–Crippen MR) is 83.0 cm³/mol. The molecule has 0 spiro atoms. The molecular weight excluding hydrogens is 280 g/mol. The molecule has 0 bridgehead atoms. The average Bonchev–Trinajstić information content (AvgIpc) is 2.50. The largest absolute Gasteiger partial charge is 0.507 e. The van der Waals surface area contributed by atoms with Gasteiger partial charge in [-0.2, -0.15) is 0 Å². The fourth-order valence-electron chi connectivity index (χ4n) is 3.87. The second-order valence-corrected chi connectivity index (χ2v) is 6.04. The number of nitro groups is 1. The molecule has 5 heteroatoms. The molecule has 0 saturated carbocycles. The molecule has 2 aromatic carbocycles. The van der Waals surface area contributed by atoms with Crippen LogP contribution in [0.15, 0.2) is 30.3 Å². The van der Waals surface area contributed by atoms with Crippen LogP contribution in [0, 0.1) is 10.1 Å². The summed E-state index contributed by atoms with van der Waals surface area (Å²) < 4.78 is 0. The highest BCUT2D eigenvalue weighted by Gasteiger charge is 2.36. The molecule has 1 heterocycles. The van der Waals surface area contributed by atoms with Crippen LogP contribution >= 0.6 is 0 Å². The minimum Gasteiger partial charge on any atom is -0.507 e. The number of hydrogen-bond donors (Lipinski definition) is 1. The molecule has 1 atom stereocenters. The third-order valence-corrected chi connectivity index (χ3v) is 4.93. The quantitative estimate of drug-likeness (QED) is 0.649. The summed E-state index contributed by atoms with van der Waals surface area (Å²) >= 11 is 0. The van der Waals surface area contributed by atoms with E-state index in [0.29, 0.717) is 17.5 Å². The van der Waals surface area contributed by atoms with Crippen LogP contribution in [0.1, 0.15) is 22.7 Å². The van der Waals surface area contributed by atoms with E-state index in [0.717, 1.165) is 18.5 Å². The summed E-state index contributed by atoms with van der Waals surface area (Å²) in [5, 5.41) is 21.7. The van der Waals surface area contributed by atoms with E-state index < -0.39 is 0 Å². The second-order valence-electron chi connectivity index (χ2n) is 6.04. The van der Waals surface area contributed by atoms with Crippen molar-refractivity contribution in [1.82, 2.24) is 4.90 Å². The molecule has 0 fully saturated rings. The van der Waals surface area contributed by atoms with Gasteiger partial charge in [0.25, 0.3) is 5.69 Å². The van der Waals surface area contributed by atoms with Crippen molar-refractivity contribution in [1.29, 1.82) is 0 Å². The summed E-state index contributed by atoms with van der Waals surface area (Å²) in [6, 6.07) is 9.05. The number of likely N-dealkylation sites (N-methyl/N-ethyl adjacent to an activating group) is 1. The number of rotatable bonds is 1. The van der Waals surface area contributed by atoms with Gasteiger partial charge in [0.2, 0.25) is 0 Å². The van der Waals surface area contributed by atoms with E-state index in [2.05, 4.69) is 18.0 Å². The van der Waals surface area contributed by atoms with E-state index in [9.17, 15) is 15.2 Å². The number of aromatic hydroxyl groups is 1. The van der Waals surface area contributed by atoms with Crippen LogP contribution in [0.5, 0.6) is 5.75 Å². The van der Waals surface area contributed by atoms with E-state index in [1.807, 2.05) is 12.1 Å². The van der Waals surface area contributed by atoms with Crippen molar-refractivity contribution in [3.8, 4) is 16.9 Å². The third kappa shape index (κ3) is 1.69. The summed E-state index contributed by atoms with van der Waals surface area (Å²) in [6.45, 7) is 0.947. The van der Waals surface area contributed by atoms with Crippen LogP contribution in [0.3, 0.4) is 0 Å². The lowest BCUT2D eigenvalue weighted by Crippen LogP contribution is -2.35. The summed E-state index contributed by atoms with van der Waals surface area (Å²) in [5.41, 5.74) is 4.84. The zero-order chi connectivity index (χ0) is 15.4. The van der Waals surface area contributed by atoms with Gasteiger partial charge in [0.1, 0.15) is 5.75 Å². The Bertz CT molecular complexity index is 801. The number of hydrogen-bond acceptors (Lipinski definition) is 4. The first kappa shape index (κ1) is 13.3. The molecule has 1 aliphatic carbocycles. The molecule has 22 heavy (non-hydrogen) atoms. The Labute approximate surface area is 128 Å². The van der Waals surface area contributed by atoms with Crippen molar-refractivity contribution in [2.45, 2.75) is 18.9 Å². The van der Waals surface area contributed by atoms with Gasteiger partial charge in [-0.05, 0) is 42.6 Å². The minimum absolute atomic E-state index is 0.0998. The number of nitrogens with zero attached hydrogens (tertiary/aromatic N) is 2. The van der Waals surface area contributed by atoms with Crippen molar-refractivity contribution in [3.05, 3.63) is 57.1 Å².